The number of rotatable bonds is 4. The van der Waals surface area contributed by atoms with Gasteiger partial charge in [-0.3, -0.25) is 9.69 Å². The molecule has 2 heterocycles. The number of aliphatic carboxylic acids is 1. The summed E-state index contributed by atoms with van der Waals surface area (Å²) in [6.07, 6.45) is 5.14. The highest BCUT2D eigenvalue weighted by atomic mass is 16.4. The molecule has 2 aromatic rings. The summed E-state index contributed by atoms with van der Waals surface area (Å²) in [6, 6.07) is 9.21. The van der Waals surface area contributed by atoms with Gasteiger partial charge in [-0.05, 0) is 25.9 Å². The molecule has 0 spiro atoms. The quantitative estimate of drug-likeness (QED) is 0.943. The van der Waals surface area contributed by atoms with Crippen LogP contribution < -0.4 is 0 Å². The molecule has 22 heavy (non-hydrogen) atoms. The number of carboxylic acids is 1. The van der Waals surface area contributed by atoms with Crippen LogP contribution >= 0.6 is 0 Å². The molecule has 3 rings (SSSR count). The minimum atomic E-state index is -0.820. The number of imidazole rings is 1. The first kappa shape index (κ1) is 14.8. The zero-order valence-electron chi connectivity index (χ0n) is 12.8. The van der Waals surface area contributed by atoms with Crippen molar-refractivity contribution >= 4 is 5.97 Å². The lowest BCUT2D eigenvalue weighted by Gasteiger charge is -2.30. The Hall–Kier alpha value is -2.14. The summed E-state index contributed by atoms with van der Waals surface area (Å²) in [6.45, 7) is 1.66. The third-order valence-electron chi connectivity index (χ3n) is 4.20. The minimum absolute atomic E-state index is 0.621. The molecule has 1 N–H and O–H groups in total. The van der Waals surface area contributed by atoms with Crippen molar-refractivity contribution in [3.63, 3.8) is 0 Å². The maximum Gasteiger partial charge on any atom is 0.327 e. The number of hydrogen-bond donors (Lipinski definition) is 1. The van der Waals surface area contributed by atoms with Gasteiger partial charge in [0.2, 0.25) is 0 Å². The van der Waals surface area contributed by atoms with Crippen LogP contribution in [0.2, 0.25) is 0 Å². The summed E-state index contributed by atoms with van der Waals surface area (Å²) in [4.78, 5) is 18.4. The Labute approximate surface area is 130 Å². The molecule has 116 valence electrons. The Morgan fingerprint density at radius 1 is 1.18 bits per heavy atom. The maximum absolute atomic E-state index is 11.8. The summed E-state index contributed by atoms with van der Waals surface area (Å²) in [5.41, 5.74) is 1.62. The molecule has 1 aromatic carbocycles. The number of carboxylic acid groups (broad SMARTS) is 1. The number of carbonyl (C=O) groups is 1. The predicted octanol–water partition coefficient (Wildman–Crippen LogP) is 2.70. The Morgan fingerprint density at radius 2 is 1.86 bits per heavy atom. The molecule has 0 amide bonds. The van der Waals surface area contributed by atoms with E-state index in [1.54, 1.807) is 0 Å². The summed E-state index contributed by atoms with van der Waals surface area (Å²) in [5.74, 6) is -0.0153. The van der Waals surface area contributed by atoms with Gasteiger partial charge in [0.15, 0.2) is 6.04 Å². The first-order valence-electron chi connectivity index (χ1n) is 7.72. The highest BCUT2D eigenvalue weighted by Crippen LogP contribution is 2.27. The van der Waals surface area contributed by atoms with Crippen molar-refractivity contribution in [2.45, 2.75) is 25.3 Å². The van der Waals surface area contributed by atoms with Crippen LogP contribution in [0.3, 0.4) is 0 Å². The summed E-state index contributed by atoms with van der Waals surface area (Å²) < 4.78 is 1.91. The molecule has 0 bridgehead atoms. The molecule has 1 unspecified atom stereocenters. The highest BCUT2D eigenvalue weighted by Gasteiger charge is 2.31. The van der Waals surface area contributed by atoms with Crippen LogP contribution in [-0.2, 0) is 11.8 Å². The summed E-state index contributed by atoms with van der Waals surface area (Å²) in [7, 11) is 1.91. The molecular formula is C17H21N3O2. The van der Waals surface area contributed by atoms with Gasteiger partial charge in [0.25, 0.3) is 0 Å². The van der Waals surface area contributed by atoms with E-state index in [0.29, 0.717) is 5.69 Å². The van der Waals surface area contributed by atoms with E-state index in [1.807, 2.05) is 53.0 Å². The zero-order chi connectivity index (χ0) is 15.5. The lowest BCUT2D eigenvalue weighted by Crippen LogP contribution is -2.38. The van der Waals surface area contributed by atoms with Crippen LogP contribution in [0.15, 0.2) is 36.5 Å². The molecule has 1 saturated heterocycles. The molecule has 1 atom stereocenters. The molecule has 1 aliphatic rings. The van der Waals surface area contributed by atoms with Crippen LogP contribution in [0.25, 0.3) is 11.4 Å². The molecule has 5 nitrogen and oxygen atoms in total. The molecule has 1 aromatic heterocycles. The van der Waals surface area contributed by atoms with E-state index < -0.39 is 12.0 Å². The number of nitrogens with zero attached hydrogens (tertiary/aromatic N) is 3. The standard InChI is InChI=1S/C17H21N3O2/c1-19-12-14(18-16(19)13-8-4-2-5-9-13)15(17(21)22)20-10-6-3-7-11-20/h2,4-5,8-9,12,15H,3,6-7,10-11H2,1H3,(H,21,22). The van der Waals surface area contributed by atoms with Crippen molar-refractivity contribution in [2.24, 2.45) is 7.05 Å². The molecule has 0 radical (unpaired) electrons. The number of benzene rings is 1. The summed E-state index contributed by atoms with van der Waals surface area (Å²) in [5, 5.41) is 9.66. The van der Waals surface area contributed by atoms with Gasteiger partial charge in [0.05, 0.1) is 5.69 Å². The normalized spacial score (nSPS) is 17.3. The third-order valence-corrected chi connectivity index (χ3v) is 4.20. The fraction of sp³-hybridized carbons (Fsp3) is 0.412. The van der Waals surface area contributed by atoms with Crippen molar-refractivity contribution in [3.8, 4) is 11.4 Å². The third kappa shape index (κ3) is 2.90. The van der Waals surface area contributed by atoms with Gasteiger partial charge in [0, 0.05) is 18.8 Å². The second-order valence-corrected chi connectivity index (χ2v) is 5.80. The Morgan fingerprint density at radius 3 is 2.50 bits per heavy atom. The number of aromatic nitrogens is 2. The molecule has 0 aliphatic carbocycles. The Bertz CT molecular complexity index is 645. The van der Waals surface area contributed by atoms with Crippen LogP contribution in [0.4, 0.5) is 0 Å². The first-order valence-corrected chi connectivity index (χ1v) is 7.72. The van der Waals surface area contributed by atoms with Gasteiger partial charge in [-0.15, -0.1) is 0 Å². The number of likely N-dealkylation sites (tertiary alicyclic amines) is 1. The molecule has 1 aliphatic heterocycles. The lowest BCUT2D eigenvalue weighted by molar-refractivity contribution is -0.144. The van der Waals surface area contributed by atoms with Crippen molar-refractivity contribution in [1.29, 1.82) is 0 Å². The average molecular weight is 299 g/mol. The van der Waals surface area contributed by atoms with Gasteiger partial charge < -0.3 is 9.67 Å². The summed E-state index contributed by atoms with van der Waals surface area (Å²) >= 11 is 0. The molecule has 1 fully saturated rings. The SMILES string of the molecule is Cn1cc(C(C(=O)O)N2CCCCC2)nc1-c1ccccc1. The fourth-order valence-corrected chi connectivity index (χ4v) is 3.12. The van der Waals surface area contributed by atoms with Crippen LogP contribution in [-0.4, -0.2) is 38.6 Å². The first-order chi connectivity index (χ1) is 10.7. The maximum atomic E-state index is 11.8. The minimum Gasteiger partial charge on any atom is -0.480 e. The van der Waals surface area contributed by atoms with E-state index in [-0.39, 0.29) is 0 Å². The second-order valence-electron chi connectivity index (χ2n) is 5.80. The van der Waals surface area contributed by atoms with Crippen LogP contribution in [0.1, 0.15) is 31.0 Å². The van der Waals surface area contributed by atoms with E-state index in [2.05, 4.69) is 4.98 Å². The molecule has 0 saturated carbocycles. The van der Waals surface area contributed by atoms with Crippen molar-refractivity contribution in [3.05, 3.63) is 42.2 Å². The number of hydrogen-bond acceptors (Lipinski definition) is 3. The van der Waals surface area contributed by atoms with E-state index >= 15 is 0 Å². The van der Waals surface area contributed by atoms with Crippen LogP contribution in [0.5, 0.6) is 0 Å². The highest BCUT2D eigenvalue weighted by molar-refractivity contribution is 5.75. The van der Waals surface area contributed by atoms with Gasteiger partial charge in [-0.25, -0.2) is 4.98 Å². The van der Waals surface area contributed by atoms with Crippen LogP contribution in [0, 0.1) is 0 Å². The average Bonchev–Trinajstić information content (AvgIpc) is 2.90. The lowest BCUT2D eigenvalue weighted by atomic mass is 10.1. The smallest absolute Gasteiger partial charge is 0.327 e. The van der Waals surface area contributed by atoms with Gasteiger partial charge in [-0.1, -0.05) is 36.8 Å². The van der Waals surface area contributed by atoms with E-state index in [9.17, 15) is 9.90 Å². The Kier molecular flexibility index (Phi) is 4.24. The predicted molar refractivity (Wildman–Crippen MR) is 84.4 cm³/mol. The van der Waals surface area contributed by atoms with Gasteiger partial charge in [-0.2, -0.15) is 0 Å². The zero-order valence-corrected chi connectivity index (χ0v) is 12.8. The van der Waals surface area contributed by atoms with Crippen molar-refractivity contribution < 1.29 is 9.90 Å². The number of piperidine rings is 1. The van der Waals surface area contributed by atoms with Crippen molar-refractivity contribution in [1.82, 2.24) is 14.5 Å². The number of aryl methyl sites for hydroxylation is 1. The molecule has 5 heteroatoms. The monoisotopic (exact) mass is 299 g/mol. The van der Waals surface area contributed by atoms with E-state index in [1.165, 1.54) is 6.42 Å². The van der Waals surface area contributed by atoms with E-state index in [0.717, 1.165) is 37.3 Å². The largest absolute Gasteiger partial charge is 0.480 e. The fourth-order valence-electron chi connectivity index (χ4n) is 3.12. The van der Waals surface area contributed by atoms with Crippen molar-refractivity contribution in [2.75, 3.05) is 13.1 Å². The second kappa shape index (κ2) is 6.32. The van der Waals surface area contributed by atoms with Gasteiger partial charge in [0.1, 0.15) is 5.82 Å². The van der Waals surface area contributed by atoms with Gasteiger partial charge >= 0.3 is 5.97 Å². The van der Waals surface area contributed by atoms with E-state index in [4.69, 9.17) is 0 Å². The molecular weight excluding hydrogens is 278 g/mol. The topological polar surface area (TPSA) is 58.4 Å². The Balaban J connectivity index is 1.94.